The van der Waals surface area contributed by atoms with Crippen molar-refractivity contribution < 1.29 is 4.74 Å². The van der Waals surface area contributed by atoms with Gasteiger partial charge in [0.1, 0.15) is 5.75 Å². The highest BCUT2D eigenvalue weighted by Gasteiger charge is 2.09. The number of nitrogen functional groups attached to an aromatic ring is 1. The van der Waals surface area contributed by atoms with Crippen molar-refractivity contribution in [3.63, 3.8) is 0 Å². The number of nitrogens with zero attached hydrogens (tertiary/aromatic N) is 2. The van der Waals surface area contributed by atoms with Gasteiger partial charge in [-0.15, -0.1) is 0 Å². The Morgan fingerprint density at radius 1 is 1.05 bits per heavy atom. The SMILES string of the molecule is COc1cccc(-c2cn(-c3ccccc3)c(N)n2)c1. The van der Waals surface area contributed by atoms with Crippen LogP contribution in [0.2, 0.25) is 0 Å². The molecule has 0 aliphatic heterocycles. The normalized spacial score (nSPS) is 10.4. The van der Waals surface area contributed by atoms with E-state index in [9.17, 15) is 0 Å². The first-order valence-corrected chi connectivity index (χ1v) is 6.32. The molecule has 1 aromatic heterocycles. The largest absolute Gasteiger partial charge is 0.497 e. The number of anilines is 1. The van der Waals surface area contributed by atoms with Crippen molar-refractivity contribution in [2.24, 2.45) is 0 Å². The average Bonchev–Trinajstić information content (AvgIpc) is 2.90. The van der Waals surface area contributed by atoms with Gasteiger partial charge in [0.15, 0.2) is 0 Å². The monoisotopic (exact) mass is 265 g/mol. The lowest BCUT2D eigenvalue weighted by molar-refractivity contribution is 0.415. The minimum absolute atomic E-state index is 0.467. The molecule has 1 heterocycles. The van der Waals surface area contributed by atoms with E-state index in [1.807, 2.05) is 65.4 Å². The molecule has 0 unspecified atom stereocenters. The summed E-state index contributed by atoms with van der Waals surface area (Å²) < 4.78 is 7.10. The maximum Gasteiger partial charge on any atom is 0.205 e. The van der Waals surface area contributed by atoms with Crippen LogP contribution in [0.15, 0.2) is 60.8 Å². The van der Waals surface area contributed by atoms with Crippen molar-refractivity contribution in [1.29, 1.82) is 0 Å². The molecule has 0 bridgehead atoms. The van der Waals surface area contributed by atoms with Gasteiger partial charge >= 0.3 is 0 Å². The van der Waals surface area contributed by atoms with E-state index >= 15 is 0 Å². The van der Waals surface area contributed by atoms with E-state index in [1.165, 1.54) is 0 Å². The van der Waals surface area contributed by atoms with Crippen LogP contribution in [0.25, 0.3) is 16.9 Å². The second kappa shape index (κ2) is 5.09. The van der Waals surface area contributed by atoms with E-state index in [0.29, 0.717) is 5.95 Å². The highest BCUT2D eigenvalue weighted by atomic mass is 16.5. The fraction of sp³-hybridized carbons (Fsp3) is 0.0625. The third-order valence-corrected chi connectivity index (χ3v) is 3.13. The number of imidazole rings is 1. The van der Waals surface area contributed by atoms with Crippen molar-refractivity contribution in [2.45, 2.75) is 0 Å². The number of rotatable bonds is 3. The van der Waals surface area contributed by atoms with E-state index < -0.39 is 0 Å². The van der Waals surface area contributed by atoms with Gasteiger partial charge < -0.3 is 10.5 Å². The lowest BCUT2D eigenvalue weighted by atomic mass is 10.1. The predicted molar refractivity (Wildman–Crippen MR) is 80.0 cm³/mol. The van der Waals surface area contributed by atoms with Gasteiger partial charge in [0.05, 0.1) is 12.8 Å². The first-order valence-electron chi connectivity index (χ1n) is 6.32. The maximum absolute atomic E-state index is 6.00. The number of ether oxygens (including phenoxy) is 1. The van der Waals surface area contributed by atoms with Gasteiger partial charge in [0.25, 0.3) is 0 Å². The Bertz CT molecular complexity index is 720. The quantitative estimate of drug-likeness (QED) is 0.791. The predicted octanol–water partition coefficient (Wildman–Crippen LogP) is 3.13. The molecule has 100 valence electrons. The number of hydrogen-bond donors (Lipinski definition) is 1. The van der Waals surface area contributed by atoms with E-state index in [4.69, 9.17) is 10.5 Å². The van der Waals surface area contributed by atoms with Crippen molar-refractivity contribution in [3.05, 3.63) is 60.8 Å². The van der Waals surface area contributed by atoms with Gasteiger partial charge in [0.2, 0.25) is 5.95 Å². The minimum Gasteiger partial charge on any atom is -0.497 e. The molecule has 3 rings (SSSR count). The van der Waals surface area contributed by atoms with Gasteiger partial charge in [-0.2, -0.15) is 0 Å². The highest BCUT2D eigenvalue weighted by Crippen LogP contribution is 2.25. The van der Waals surface area contributed by atoms with Gasteiger partial charge in [-0.25, -0.2) is 4.98 Å². The standard InChI is InChI=1S/C16H15N3O/c1-20-14-9-5-6-12(10-14)15-11-19(16(17)18-15)13-7-3-2-4-8-13/h2-11H,1H3,(H2,17,18). The van der Waals surface area contributed by atoms with Crippen LogP contribution in [0.3, 0.4) is 0 Å². The van der Waals surface area contributed by atoms with Crippen LogP contribution < -0.4 is 10.5 Å². The molecule has 20 heavy (non-hydrogen) atoms. The summed E-state index contributed by atoms with van der Waals surface area (Å²) in [5, 5.41) is 0. The molecule has 0 saturated heterocycles. The van der Waals surface area contributed by atoms with Crippen LogP contribution in [0, 0.1) is 0 Å². The Kier molecular flexibility index (Phi) is 3.13. The van der Waals surface area contributed by atoms with E-state index in [0.717, 1.165) is 22.7 Å². The minimum atomic E-state index is 0.467. The van der Waals surface area contributed by atoms with Crippen molar-refractivity contribution in [3.8, 4) is 22.7 Å². The highest BCUT2D eigenvalue weighted by molar-refractivity contribution is 5.63. The summed E-state index contributed by atoms with van der Waals surface area (Å²) in [6, 6.07) is 17.7. The van der Waals surface area contributed by atoms with Crippen molar-refractivity contribution >= 4 is 5.95 Å². The molecule has 3 aromatic rings. The molecule has 0 atom stereocenters. The zero-order valence-corrected chi connectivity index (χ0v) is 11.2. The van der Waals surface area contributed by atoms with Crippen molar-refractivity contribution in [2.75, 3.05) is 12.8 Å². The van der Waals surface area contributed by atoms with Crippen LogP contribution >= 0.6 is 0 Å². The van der Waals surface area contributed by atoms with Crippen molar-refractivity contribution in [1.82, 2.24) is 9.55 Å². The fourth-order valence-electron chi connectivity index (χ4n) is 2.11. The summed E-state index contributed by atoms with van der Waals surface area (Å²) in [6.45, 7) is 0. The lowest BCUT2D eigenvalue weighted by Crippen LogP contribution is -1.98. The number of benzene rings is 2. The molecule has 0 fully saturated rings. The first-order chi connectivity index (χ1) is 9.78. The third kappa shape index (κ3) is 2.23. The molecular formula is C16H15N3O. The van der Waals surface area contributed by atoms with Crippen LogP contribution in [-0.4, -0.2) is 16.7 Å². The molecule has 0 spiro atoms. The van der Waals surface area contributed by atoms with Crippen LogP contribution in [0.4, 0.5) is 5.95 Å². The third-order valence-electron chi connectivity index (χ3n) is 3.13. The number of hydrogen-bond acceptors (Lipinski definition) is 3. The second-order valence-electron chi connectivity index (χ2n) is 4.42. The molecule has 4 nitrogen and oxygen atoms in total. The maximum atomic E-state index is 6.00. The molecule has 0 aliphatic rings. The molecule has 0 aliphatic carbocycles. The Hall–Kier alpha value is -2.75. The smallest absolute Gasteiger partial charge is 0.205 e. The molecule has 0 saturated carbocycles. The van der Waals surface area contributed by atoms with Gasteiger partial charge in [-0.1, -0.05) is 30.3 Å². The first kappa shape index (κ1) is 12.3. The number of aromatic nitrogens is 2. The number of nitrogens with two attached hydrogens (primary N) is 1. The van der Waals surface area contributed by atoms with E-state index in [-0.39, 0.29) is 0 Å². The zero-order chi connectivity index (χ0) is 13.9. The Morgan fingerprint density at radius 3 is 2.60 bits per heavy atom. The number of para-hydroxylation sites is 1. The summed E-state index contributed by atoms with van der Waals surface area (Å²) >= 11 is 0. The molecular weight excluding hydrogens is 250 g/mol. The Balaban J connectivity index is 2.04. The zero-order valence-electron chi connectivity index (χ0n) is 11.2. The second-order valence-corrected chi connectivity index (χ2v) is 4.42. The Labute approximate surface area is 117 Å². The summed E-state index contributed by atoms with van der Waals surface area (Å²) in [5.74, 6) is 1.27. The van der Waals surface area contributed by atoms with Gasteiger partial charge in [-0.3, -0.25) is 4.57 Å². The lowest BCUT2D eigenvalue weighted by Gasteiger charge is -2.03. The molecule has 2 N–H and O–H groups in total. The summed E-state index contributed by atoms with van der Waals surface area (Å²) in [4.78, 5) is 4.42. The van der Waals surface area contributed by atoms with Gasteiger partial charge in [0, 0.05) is 17.4 Å². The molecule has 0 radical (unpaired) electrons. The number of methoxy groups -OCH3 is 1. The summed E-state index contributed by atoms with van der Waals surface area (Å²) in [6.07, 6.45) is 1.93. The Morgan fingerprint density at radius 2 is 1.85 bits per heavy atom. The molecule has 4 heteroatoms. The van der Waals surface area contributed by atoms with Gasteiger partial charge in [-0.05, 0) is 24.3 Å². The van der Waals surface area contributed by atoms with Crippen LogP contribution in [0.5, 0.6) is 5.75 Å². The van der Waals surface area contributed by atoms with Crippen LogP contribution in [0.1, 0.15) is 0 Å². The fourth-order valence-corrected chi connectivity index (χ4v) is 2.11. The van der Waals surface area contributed by atoms with Crippen LogP contribution in [-0.2, 0) is 0 Å². The van der Waals surface area contributed by atoms with E-state index in [2.05, 4.69) is 4.98 Å². The molecule has 2 aromatic carbocycles. The average molecular weight is 265 g/mol. The summed E-state index contributed by atoms with van der Waals surface area (Å²) in [5.41, 5.74) is 8.80. The van der Waals surface area contributed by atoms with E-state index in [1.54, 1.807) is 7.11 Å². The summed E-state index contributed by atoms with van der Waals surface area (Å²) in [7, 11) is 1.65. The molecule has 0 amide bonds. The topological polar surface area (TPSA) is 53.1 Å².